The largest absolute Gasteiger partial charge is 0.356 e. The average molecular weight is 460 g/mol. The van der Waals surface area contributed by atoms with Crippen molar-refractivity contribution < 1.29 is 8.42 Å². The zero-order valence-electron chi connectivity index (χ0n) is 14.7. The highest BCUT2D eigenvalue weighted by Gasteiger charge is 2.27. The Bertz CT molecular complexity index is 443. The summed E-state index contributed by atoms with van der Waals surface area (Å²) in [5.41, 5.74) is 0. The summed E-state index contributed by atoms with van der Waals surface area (Å²) in [6, 6.07) is 0. The van der Waals surface area contributed by atoms with Crippen LogP contribution in [-0.2, 0) is 10.0 Å². The lowest BCUT2D eigenvalue weighted by Gasteiger charge is -2.19. The topological polar surface area (TPSA) is 73.8 Å². The van der Waals surface area contributed by atoms with E-state index in [9.17, 15) is 8.42 Å². The molecule has 0 radical (unpaired) electrons. The summed E-state index contributed by atoms with van der Waals surface area (Å²) in [6.45, 7) is 7.09. The first-order valence-electron chi connectivity index (χ1n) is 8.45. The van der Waals surface area contributed by atoms with Gasteiger partial charge >= 0.3 is 0 Å². The van der Waals surface area contributed by atoms with E-state index in [4.69, 9.17) is 0 Å². The number of sulfonamides is 1. The lowest BCUT2D eigenvalue weighted by molar-refractivity contribution is 0.436. The highest BCUT2D eigenvalue weighted by Crippen LogP contribution is 2.12. The number of unbranched alkanes of at least 4 members (excludes halogenated alkanes) is 1. The van der Waals surface area contributed by atoms with Crippen molar-refractivity contribution in [2.45, 2.75) is 46.0 Å². The van der Waals surface area contributed by atoms with Crippen molar-refractivity contribution in [1.82, 2.24) is 14.9 Å². The molecule has 2 N–H and O–H groups in total. The van der Waals surface area contributed by atoms with Crippen LogP contribution in [0.3, 0.4) is 0 Å². The van der Waals surface area contributed by atoms with Gasteiger partial charge in [0, 0.05) is 33.2 Å². The van der Waals surface area contributed by atoms with Crippen LogP contribution in [0.4, 0.5) is 0 Å². The number of nitrogens with one attached hydrogen (secondary N) is 2. The molecule has 138 valence electrons. The van der Waals surface area contributed by atoms with Gasteiger partial charge < -0.3 is 10.6 Å². The molecule has 0 aromatic heterocycles. The molecule has 6 nitrogen and oxygen atoms in total. The Hall–Kier alpha value is -0.0900. The molecule has 0 spiro atoms. The fourth-order valence-corrected chi connectivity index (χ4v) is 4.18. The number of halogens is 1. The fraction of sp³-hybridized carbons (Fsp3) is 0.933. The molecular formula is C15H33IN4O2S. The van der Waals surface area contributed by atoms with Crippen LogP contribution in [-0.4, -0.2) is 57.7 Å². The van der Waals surface area contributed by atoms with Gasteiger partial charge in [0.25, 0.3) is 0 Å². The summed E-state index contributed by atoms with van der Waals surface area (Å²) in [5.74, 6) is 1.71. The van der Waals surface area contributed by atoms with E-state index in [1.165, 1.54) is 19.3 Å². The first-order chi connectivity index (χ1) is 10.5. The standard InChI is InChI=1S/C15H32N4O2S.HI/c1-4-6-8-14(5-2)13-18-15(16-3)17-9-11-19-10-7-12-22(19,20)21;/h14H,4-13H2,1-3H3,(H2,16,17,18);1H. The highest BCUT2D eigenvalue weighted by molar-refractivity contribution is 14.0. The summed E-state index contributed by atoms with van der Waals surface area (Å²) in [4.78, 5) is 4.20. The van der Waals surface area contributed by atoms with Crippen LogP contribution in [0.25, 0.3) is 0 Å². The number of hydrogen-bond acceptors (Lipinski definition) is 3. The molecule has 1 fully saturated rings. The first kappa shape index (κ1) is 22.9. The van der Waals surface area contributed by atoms with E-state index in [1.807, 2.05) is 0 Å². The summed E-state index contributed by atoms with van der Waals surface area (Å²) in [6.07, 6.45) is 5.64. The fourth-order valence-electron chi connectivity index (χ4n) is 2.65. The van der Waals surface area contributed by atoms with E-state index in [-0.39, 0.29) is 29.7 Å². The maximum Gasteiger partial charge on any atom is 0.214 e. The van der Waals surface area contributed by atoms with Crippen molar-refractivity contribution in [2.24, 2.45) is 10.9 Å². The zero-order valence-corrected chi connectivity index (χ0v) is 17.8. The van der Waals surface area contributed by atoms with Crippen LogP contribution in [0, 0.1) is 5.92 Å². The Balaban J connectivity index is 0.00000484. The number of rotatable bonds is 9. The number of guanidine groups is 1. The number of hydrogen-bond donors (Lipinski definition) is 2. The van der Waals surface area contributed by atoms with E-state index < -0.39 is 10.0 Å². The molecule has 1 heterocycles. The van der Waals surface area contributed by atoms with Gasteiger partial charge in [0.1, 0.15) is 0 Å². The summed E-state index contributed by atoms with van der Waals surface area (Å²) < 4.78 is 25.0. The van der Waals surface area contributed by atoms with Gasteiger partial charge in [-0.3, -0.25) is 4.99 Å². The van der Waals surface area contributed by atoms with Crippen LogP contribution in [0.2, 0.25) is 0 Å². The molecular weight excluding hydrogens is 427 g/mol. The van der Waals surface area contributed by atoms with Crippen molar-refractivity contribution >= 4 is 40.0 Å². The summed E-state index contributed by atoms with van der Waals surface area (Å²) in [7, 11) is -1.25. The Morgan fingerprint density at radius 3 is 2.57 bits per heavy atom. The van der Waals surface area contributed by atoms with Gasteiger partial charge in [-0.25, -0.2) is 12.7 Å². The van der Waals surface area contributed by atoms with Crippen LogP contribution in [0.15, 0.2) is 4.99 Å². The predicted octanol–water partition coefficient (Wildman–Crippen LogP) is 2.02. The lowest BCUT2D eigenvalue weighted by atomic mass is 9.99. The second-order valence-corrected chi connectivity index (χ2v) is 7.95. The average Bonchev–Trinajstić information content (AvgIpc) is 2.84. The predicted molar refractivity (Wildman–Crippen MR) is 108 cm³/mol. The molecule has 1 aliphatic heterocycles. The van der Waals surface area contributed by atoms with E-state index in [1.54, 1.807) is 11.4 Å². The molecule has 0 aromatic carbocycles. The van der Waals surface area contributed by atoms with Gasteiger partial charge in [-0.2, -0.15) is 0 Å². The molecule has 0 bridgehead atoms. The molecule has 0 aliphatic carbocycles. The van der Waals surface area contributed by atoms with Gasteiger partial charge in [0.2, 0.25) is 10.0 Å². The van der Waals surface area contributed by atoms with Crippen LogP contribution < -0.4 is 10.6 Å². The SMILES string of the molecule is CCCCC(CC)CNC(=NC)NCCN1CCCS1(=O)=O.I. The molecule has 0 aromatic rings. The van der Waals surface area contributed by atoms with E-state index in [2.05, 4.69) is 29.5 Å². The maximum absolute atomic E-state index is 11.7. The van der Waals surface area contributed by atoms with Gasteiger partial charge in [-0.1, -0.05) is 33.1 Å². The van der Waals surface area contributed by atoms with Gasteiger partial charge in [-0.05, 0) is 18.8 Å². The second-order valence-electron chi connectivity index (χ2n) is 5.87. The molecule has 1 atom stereocenters. The third-order valence-corrected chi connectivity index (χ3v) is 6.14. The van der Waals surface area contributed by atoms with E-state index >= 15 is 0 Å². The monoisotopic (exact) mass is 460 g/mol. The Kier molecular flexibility index (Phi) is 12.2. The Labute approximate surface area is 159 Å². The molecule has 23 heavy (non-hydrogen) atoms. The summed E-state index contributed by atoms with van der Waals surface area (Å²) >= 11 is 0. The highest BCUT2D eigenvalue weighted by atomic mass is 127. The van der Waals surface area contributed by atoms with Crippen LogP contribution in [0.1, 0.15) is 46.0 Å². The van der Waals surface area contributed by atoms with Crippen molar-refractivity contribution in [3.63, 3.8) is 0 Å². The molecule has 1 unspecified atom stereocenters. The van der Waals surface area contributed by atoms with Crippen molar-refractivity contribution in [3.8, 4) is 0 Å². The van der Waals surface area contributed by atoms with E-state index in [0.29, 0.717) is 25.6 Å². The van der Waals surface area contributed by atoms with Gasteiger partial charge in [0.15, 0.2) is 5.96 Å². The van der Waals surface area contributed by atoms with Crippen LogP contribution >= 0.6 is 24.0 Å². The quantitative estimate of drug-likeness (QED) is 0.314. The third kappa shape index (κ3) is 8.53. The minimum atomic E-state index is -3.00. The van der Waals surface area contributed by atoms with E-state index in [0.717, 1.165) is 25.3 Å². The van der Waals surface area contributed by atoms with Gasteiger partial charge in [-0.15, -0.1) is 24.0 Å². The number of aliphatic imine (C=N–C) groups is 1. The normalized spacial score (nSPS) is 19.2. The molecule has 1 saturated heterocycles. The molecule has 8 heteroatoms. The Morgan fingerprint density at radius 2 is 2.04 bits per heavy atom. The second kappa shape index (κ2) is 12.3. The summed E-state index contributed by atoms with van der Waals surface area (Å²) in [5, 5.41) is 6.55. The van der Waals surface area contributed by atoms with Gasteiger partial charge in [0.05, 0.1) is 5.75 Å². The molecule has 1 rings (SSSR count). The molecule has 0 saturated carbocycles. The third-order valence-electron chi connectivity index (χ3n) is 4.18. The van der Waals surface area contributed by atoms with Crippen LogP contribution in [0.5, 0.6) is 0 Å². The molecule has 0 amide bonds. The number of nitrogens with zero attached hydrogens (tertiary/aromatic N) is 2. The minimum Gasteiger partial charge on any atom is -0.356 e. The van der Waals surface area contributed by atoms with Crippen molar-refractivity contribution in [3.05, 3.63) is 0 Å². The first-order valence-corrected chi connectivity index (χ1v) is 10.1. The maximum atomic E-state index is 11.7. The van der Waals surface area contributed by atoms with Crippen molar-refractivity contribution in [2.75, 3.05) is 39.0 Å². The lowest BCUT2D eigenvalue weighted by Crippen LogP contribution is -2.43. The minimum absolute atomic E-state index is 0. The Morgan fingerprint density at radius 1 is 1.30 bits per heavy atom. The van der Waals surface area contributed by atoms with Crippen molar-refractivity contribution in [1.29, 1.82) is 0 Å². The smallest absolute Gasteiger partial charge is 0.214 e. The molecule has 1 aliphatic rings. The zero-order chi connectivity index (χ0) is 16.4.